The molecular weight excluding hydrogens is 424 g/mol. The molecule has 3 aromatic rings. The number of benzene rings is 1. The third-order valence-corrected chi connectivity index (χ3v) is 6.84. The van der Waals surface area contributed by atoms with Crippen molar-refractivity contribution in [2.75, 3.05) is 52.1 Å². The van der Waals surface area contributed by atoms with Crippen molar-refractivity contribution in [2.45, 2.75) is 5.75 Å². The Hall–Kier alpha value is -2.75. The first kappa shape index (κ1) is 22.4. The van der Waals surface area contributed by atoms with Crippen molar-refractivity contribution < 1.29 is 9.00 Å². The molecular formula is C23H30N6O2S. The summed E-state index contributed by atoms with van der Waals surface area (Å²) >= 11 is 0. The highest BCUT2D eigenvalue weighted by atomic mass is 32.2. The fraction of sp³-hybridized carbons (Fsp3) is 0.391. The lowest BCUT2D eigenvalue weighted by atomic mass is 10.3. The Labute approximate surface area is 191 Å². The number of para-hydroxylation sites is 1. The van der Waals surface area contributed by atoms with Gasteiger partial charge in [-0.15, -0.1) is 0 Å². The number of carbonyl (C=O) groups excluding carboxylic acids is 1. The van der Waals surface area contributed by atoms with Gasteiger partial charge < -0.3 is 14.8 Å². The number of hydrogen-bond acceptors (Lipinski definition) is 5. The van der Waals surface area contributed by atoms with Crippen molar-refractivity contribution in [2.24, 2.45) is 0 Å². The van der Waals surface area contributed by atoms with Gasteiger partial charge in [-0.05, 0) is 31.3 Å². The van der Waals surface area contributed by atoms with E-state index in [4.69, 9.17) is 0 Å². The summed E-state index contributed by atoms with van der Waals surface area (Å²) < 4.78 is 16.6. The lowest BCUT2D eigenvalue weighted by Gasteiger charge is -2.32. The van der Waals surface area contributed by atoms with Crippen molar-refractivity contribution >= 4 is 16.7 Å². The topological polar surface area (TPSA) is 75.4 Å². The van der Waals surface area contributed by atoms with Gasteiger partial charge in [0, 0.05) is 68.0 Å². The minimum atomic E-state index is -1.33. The van der Waals surface area contributed by atoms with Gasteiger partial charge >= 0.3 is 0 Å². The van der Waals surface area contributed by atoms with E-state index < -0.39 is 10.8 Å². The second-order valence-corrected chi connectivity index (χ2v) is 9.51. The first-order valence-electron chi connectivity index (χ1n) is 10.9. The van der Waals surface area contributed by atoms with Crippen LogP contribution < -0.4 is 5.32 Å². The van der Waals surface area contributed by atoms with Gasteiger partial charge in [0.2, 0.25) is 5.91 Å². The Bertz CT molecular complexity index is 1030. The minimum Gasteiger partial charge on any atom is -0.354 e. The third-order valence-electron chi connectivity index (χ3n) is 5.62. The molecule has 9 heteroatoms. The molecule has 0 aliphatic carbocycles. The van der Waals surface area contributed by atoms with Crippen LogP contribution in [0.1, 0.15) is 5.56 Å². The fourth-order valence-electron chi connectivity index (χ4n) is 3.83. The fourth-order valence-corrected chi connectivity index (χ4v) is 4.88. The average molecular weight is 455 g/mol. The molecule has 0 radical (unpaired) electrons. The number of piperazine rings is 1. The van der Waals surface area contributed by atoms with Crippen LogP contribution in [-0.4, -0.2) is 86.3 Å². The Morgan fingerprint density at radius 1 is 1.06 bits per heavy atom. The van der Waals surface area contributed by atoms with Crippen LogP contribution in [0.25, 0.3) is 11.5 Å². The highest BCUT2D eigenvalue weighted by Gasteiger charge is 2.18. The minimum absolute atomic E-state index is 0.00955. The van der Waals surface area contributed by atoms with E-state index in [0.29, 0.717) is 6.54 Å². The van der Waals surface area contributed by atoms with E-state index >= 15 is 0 Å². The molecule has 1 atom stereocenters. The van der Waals surface area contributed by atoms with Crippen molar-refractivity contribution in [3.8, 4) is 11.5 Å². The summed E-state index contributed by atoms with van der Waals surface area (Å²) in [5.41, 5.74) is 1.77. The summed E-state index contributed by atoms with van der Waals surface area (Å²) in [6.45, 7) is 5.56. The Morgan fingerprint density at radius 2 is 1.78 bits per heavy atom. The van der Waals surface area contributed by atoms with E-state index in [-0.39, 0.29) is 17.4 Å². The lowest BCUT2D eigenvalue weighted by Crippen LogP contribution is -2.47. The van der Waals surface area contributed by atoms with Gasteiger partial charge in [0.05, 0.1) is 17.6 Å². The van der Waals surface area contributed by atoms with Gasteiger partial charge in [0.1, 0.15) is 11.6 Å². The van der Waals surface area contributed by atoms with E-state index in [1.165, 1.54) is 0 Å². The molecule has 170 valence electrons. The molecule has 1 amide bonds. The molecule has 1 aromatic carbocycles. The maximum atomic E-state index is 12.8. The molecule has 1 N–H and O–H groups in total. The van der Waals surface area contributed by atoms with Crippen LogP contribution in [0.5, 0.6) is 0 Å². The summed E-state index contributed by atoms with van der Waals surface area (Å²) in [6, 6.07) is 13.7. The number of carbonyl (C=O) groups is 1. The lowest BCUT2D eigenvalue weighted by molar-refractivity contribution is -0.118. The number of aromatic nitrogens is 3. The molecule has 0 saturated carbocycles. The smallest absolute Gasteiger partial charge is 0.232 e. The van der Waals surface area contributed by atoms with Gasteiger partial charge in [0.25, 0.3) is 0 Å². The van der Waals surface area contributed by atoms with E-state index in [2.05, 4.69) is 27.3 Å². The SMILES string of the molecule is CN1CCN(CCNC(=O)CS(=O)Cc2cnn(-c3ccccc3)c2-n2cccc2)CC1. The van der Waals surface area contributed by atoms with Crippen LogP contribution in [0.2, 0.25) is 0 Å². The second-order valence-electron chi connectivity index (χ2n) is 8.05. The van der Waals surface area contributed by atoms with Gasteiger partial charge in [-0.25, -0.2) is 4.68 Å². The number of nitrogens with one attached hydrogen (secondary N) is 1. The van der Waals surface area contributed by atoms with Crippen LogP contribution in [-0.2, 0) is 21.3 Å². The highest BCUT2D eigenvalue weighted by molar-refractivity contribution is 7.84. The number of rotatable bonds is 9. The summed E-state index contributed by atoms with van der Waals surface area (Å²) in [5.74, 6) is 0.928. The molecule has 1 unspecified atom stereocenters. The second kappa shape index (κ2) is 10.7. The Kier molecular flexibility index (Phi) is 7.51. The average Bonchev–Trinajstić information content (AvgIpc) is 3.45. The maximum absolute atomic E-state index is 12.8. The standard InChI is InChI=1S/C23H30N6O2S/c1-26-13-15-27(16-14-26)12-9-24-22(30)19-32(31)18-20-17-25-29(21-7-3-2-4-8-21)23(20)28-10-5-6-11-28/h2-8,10-11,17H,9,12-16,18-19H2,1H3,(H,24,30). The van der Waals surface area contributed by atoms with Gasteiger partial charge in [0.15, 0.2) is 0 Å². The molecule has 8 nitrogen and oxygen atoms in total. The zero-order valence-corrected chi connectivity index (χ0v) is 19.2. The predicted molar refractivity (Wildman–Crippen MR) is 127 cm³/mol. The molecule has 1 aliphatic heterocycles. The van der Waals surface area contributed by atoms with Crippen LogP contribution >= 0.6 is 0 Å². The van der Waals surface area contributed by atoms with Crippen LogP contribution in [0.3, 0.4) is 0 Å². The van der Waals surface area contributed by atoms with E-state index in [0.717, 1.165) is 49.8 Å². The third kappa shape index (κ3) is 5.73. The Morgan fingerprint density at radius 3 is 2.50 bits per heavy atom. The zero-order valence-electron chi connectivity index (χ0n) is 18.4. The number of nitrogens with zero attached hydrogens (tertiary/aromatic N) is 5. The van der Waals surface area contributed by atoms with Crippen molar-refractivity contribution in [1.82, 2.24) is 29.5 Å². The largest absolute Gasteiger partial charge is 0.354 e. The van der Waals surface area contributed by atoms with Crippen molar-refractivity contribution in [3.63, 3.8) is 0 Å². The molecule has 3 heterocycles. The summed E-state index contributed by atoms with van der Waals surface area (Å²) in [5, 5.41) is 7.45. The van der Waals surface area contributed by atoms with E-state index in [9.17, 15) is 9.00 Å². The molecule has 1 saturated heterocycles. The summed E-state index contributed by atoms with van der Waals surface area (Å²) in [4.78, 5) is 17.0. The molecule has 32 heavy (non-hydrogen) atoms. The van der Waals surface area contributed by atoms with Gasteiger partial charge in [-0.3, -0.25) is 13.9 Å². The molecule has 0 spiro atoms. The monoisotopic (exact) mass is 454 g/mol. The molecule has 1 fully saturated rings. The Balaban J connectivity index is 1.35. The quantitative estimate of drug-likeness (QED) is 0.527. The van der Waals surface area contributed by atoms with E-state index in [1.807, 2.05) is 64.1 Å². The molecule has 4 rings (SSSR count). The van der Waals surface area contributed by atoms with E-state index in [1.54, 1.807) is 6.20 Å². The normalized spacial score (nSPS) is 16.2. The van der Waals surface area contributed by atoms with Crippen molar-refractivity contribution in [3.05, 3.63) is 66.6 Å². The summed E-state index contributed by atoms with van der Waals surface area (Å²) in [6.07, 6.45) is 5.62. The molecule has 2 aromatic heterocycles. The number of hydrogen-bond donors (Lipinski definition) is 1. The first-order valence-corrected chi connectivity index (χ1v) is 12.4. The summed E-state index contributed by atoms with van der Waals surface area (Å²) in [7, 11) is 0.797. The predicted octanol–water partition coefficient (Wildman–Crippen LogP) is 1.28. The number of likely N-dealkylation sites (N-methyl/N-ethyl adjacent to an activating group) is 1. The zero-order chi connectivity index (χ0) is 22.3. The van der Waals surface area contributed by atoms with Crippen LogP contribution in [0, 0.1) is 0 Å². The van der Waals surface area contributed by atoms with Gasteiger partial charge in [-0.2, -0.15) is 5.10 Å². The van der Waals surface area contributed by atoms with Gasteiger partial charge in [-0.1, -0.05) is 18.2 Å². The number of amides is 1. The highest BCUT2D eigenvalue weighted by Crippen LogP contribution is 2.21. The molecule has 1 aliphatic rings. The van der Waals surface area contributed by atoms with Crippen LogP contribution in [0.15, 0.2) is 61.1 Å². The first-order chi connectivity index (χ1) is 15.6. The van der Waals surface area contributed by atoms with Crippen molar-refractivity contribution in [1.29, 1.82) is 0 Å². The molecule has 0 bridgehead atoms. The maximum Gasteiger partial charge on any atom is 0.232 e. The van der Waals surface area contributed by atoms with Crippen LogP contribution in [0.4, 0.5) is 0 Å².